The molecule has 1 atom stereocenters. The minimum Gasteiger partial charge on any atom is -0.475 e. The third-order valence-electron chi connectivity index (χ3n) is 6.96. The molecule has 0 aliphatic carbocycles. The molecule has 1 fully saturated rings. The van der Waals surface area contributed by atoms with Gasteiger partial charge in [0.1, 0.15) is 5.82 Å². The van der Waals surface area contributed by atoms with Gasteiger partial charge in [-0.15, -0.1) is 0 Å². The lowest BCUT2D eigenvalue weighted by molar-refractivity contribution is -0.193. The maximum absolute atomic E-state index is 14.1. The lowest BCUT2D eigenvalue weighted by atomic mass is 9.85. The number of anilines is 1. The minimum absolute atomic E-state index is 0.0105. The van der Waals surface area contributed by atoms with Crippen molar-refractivity contribution in [3.8, 4) is 0 Å². The summed E-state index contributed by atoms with van der Waals surface area (Å²) in [5.41, 5.74) is 4.24. The first-order valence-corrected chi connectivity index (χ1v) is 14.8. The van der Waals surface area contributed by atoms with Crippen LogP contribution in [0.1, 0.15) is 23.4 Å². The summed E-state index contributed by atoms with van der Waals surface area (Å²) in [7, 11) is 0. The third-order valence-corrected chi connectivity index (χ3v) is 6.96. The fourth-order valence-electron chi connectivity index (χ4n) is 4.70. The number of fused-ring (bicyclic) bond motifs is 2. The zero-order valence-corrected chi connectivity index (χ0v) is 27.7. The van der Waals surface area contributed by atoms with Crippen LogP contribution in [0.3, 0.4) is 0 Å². The Morgan fingerprint density at radius 3 is 1.48 bits per heavy atom. The van der Waals surface area contributed by atoms with E-state index in [1.807, 2.05) is 42.7 Å². The van der Waals surface area contributed by atoms with Crippen molar-refractivity contribution in [2.24, 2.45) is 0 Å². The second-order valence-corrected chi connectivity index (χ2v) is 11.1. The van der Waals surface area contributed by atoms with Crippen LogP contribution in [0, 0.1) is 5.82 Å². The molecule has 12 nitrogen and oxygen atoms in total. The van der Waals surface area contributed by atoms with Crippen LogP contribution in [0.15, 0.2) is 67.0 Å². The molecule has 1 unspecified atom stereocenters. The van der Waals surface area contributed by atoms with E-state index in [1.165, 1.54) is 11.4 Å². The number of likely N-dealkylation sites (tertiary alicyclic amines) is 1. The first kappa shape index (κ1) is 48.3. The number of carboxylic acid groups (broad SMARTS) is 4. The van der Waals surface area contributed by atoms with Crippen molar-refractivity contribution in [1.82, 2.24) is 14.9 Å². The molecule has 1 saturated heterocycles. The number of benzene rings is 1. The predicted molar refractivity (Wildman–Crippen MR) is 162 cm³/mol. The normalized spacial score (nSPS) is 16.3. The smallest absolute Gasteiger partial charge is 0.475 e. The lowest BCUT2D eigenvalue weighted by Crippen LogP contribution is -2.36. The molecule has 310 valence electrons. The summed E-state index contributed by atoms with van der Waals surface area (Å²) in [6, 6.07) is 17.3. The van der Waals surface area contributed by atoms with Crippen molar-refractivity contribution in [1.29, 1.82) is 0 Å². The maximum atomic E-state index is 14.1. The highest BCUT2D eigenvalue weighted by Gasteiger charge is 2.48. The van der Waals surface area contributed by atoms with Gasteiger partial charge < -0.3 is 25.3 Å². The van der Waals surface area contributed by atoms with Crippen LogP contribution >= 0.6 is 0 Å². The van der Waals surface area contributed by atoms with Gasteiger partial charge >= 0.3 is 48.6 Å². The number of alkyl halides is 12. The van der Waals surface area contributed by atoms with Crippen LogP contribution in [0.2, 0.25) is 0 Å². The quantitative estimate of drug-likeness (QED) is 0.216. The molecule has 0 radical (unpaired) electrons. The topological polar surface area (TPSA) is 181 Å². The molecule has 5 rings (SSSR count). The molecule has 1 spiro atoms. The van der Waals surface area contributed by atoms with Gasteiger partial charge in [-0.1, -0.05) is 24.3 Å². The largest absolute Gasteiger partial charge is 0.490 e. The molecule has 4 N–H and O–H groups in total. The summed E-state index contributed by atoms with van der Waals surface area (Å²) < 4.78 is 141. The average molecular weight is 831 g/mol. The molecule has 56 heavy (non-hydrogen) atoms. The summed E-state index contributed by atoms with van der Waals surface area (Å²) in [6.07, 6.45) is -15.6. The molecule has 2 aromatic heterocycles. The second-order valence-electron chi connectivity index (χ2n) is 11.1. The van der Waals surface area contributed by atoms with E-state index in [1.54, 1.807) is 12.1 Å². The van der Waals surface area contributed by atoms with Crippen LogP contribution in [0.5, 0.6) is 0 Å². The Labute approximate surface area is 305 Å². The third kappa shape index (κ3) is 15.9. The van der Waals surface area contributed by atoms with E-state index in [4.69, 9.17) is 44.6 Å². The van der Waals surface area contributed by atoms with Gasteiger partial charge in [-0.2, -0.15) is 52.7 Å². The molecule has 0 bridgehead atoms. The van der Waals surface area contributed by atoms with E-state index in [0.29, 0.717) is 6.54 Å². The van der Waals surface area contributed by atoms with Crippen LogP contribution in [-0.4, -0.2) is 104 Å². The highest BCUT2D eigenvalue weighted by molar-refractivity contribution is 5.74. The monoisotopic (exact) mass is 830 g/mol. The van der Waals surface area contributed by atoms with Crippen molar-refractivity contribution in [2.45, 2.75) is 49.6 Å². The summed E-state index contributed by atoms with van der Waals surface area (Å²) in [5.74, 6) is -11.1. The summed E-state index contributed by atoms with van der Waals surface area (Å²) in [4.78, 5) is 49.6. The Kier molecular flexibility index (Phi) is 17.0. The number of carbonyl (C=O) groups is 4. The fourth-order valence-corrected chi connectivity index (χ4v) is 4.70. The summed E-state index contributed by atoms with van der Waals surface area (Å²) in [6.45, 7) is 4.24. The number of rotatable bonds is 4. The number of hydrogen-bond acceptors (Lipinski definition) is 8. The highest BCUT2D eigenvalue weighted by atomic mass is 19.4. The van der Waals surface area contributed by atoms with Gasteiger partial charge in [-0.25, -0.2) is 23.6 Å². The number of pyridine rings is 2. The van der Waals surface area contributed by atoms with Crippen LogP contribution in [0.4, 0.5) is 62.8 Å². The number of aliphatic carboxylic acids is 4. The summed E-state index contributed by atoms with van der Waals surface area (Å²) >= 11 is 0. The van der Waals surface area contributed by atoms with Crippen molar-refractivity contribution in [2.75, 3.05) is 24.5 Å². The highest BCUT2D eigenvalue weighted by Crippen LogP contribution is 2.45. The van der Waals surface area contributed by atoms with Crippen molar-refractivity contribution < 1.29 is 96.7 Å². The summed E-state index contributed by atoms with van der Waals surface area (Å²) in [5, 5.41) is 28.5. The standard InChI is InChI=1S/C23H23FN4.4C2HF3O2/c24-20-8-2-1-6-18(20)14-27-13-10-23(16-27)17-28(15-19-7-3-4-11-25-19)21-9-5-12-26-22(21)23;4*3-2(4,5)1(6)7/h1-9,11-12H,10,13-17H2;4*(H,6,7). The first-order chi connectivity index (χ1) is 25.5. The number of carboxylic acids is 4. The Morgan fingerprint density at radius 2 is 1.05 bits per heavy atom. The Bertz CT molecular complexity index is 1680. The van der Waals surface area contributed by atoms with E-state index in [9.17, 15) is 57.1 Å². The Balaban J connectivity index is 0.000000457. The molecule has 4 heterocycles. The molecule has 3 aromatic rings. The van der Waals surface area contributed by atoms with Crippen LogP contribution in [-0.2, 0) is 37.7 Å². The van der Waals surface area contributed by atoms with Crippen LogP contribution in [0.25, 0.3) is 0 Å². The van der Waals surface area contributed by atoms with Crippen LogP contribution < -0.4 is 4.90 Å². The van der Waals surface area contributed by atoms with E-state index < -0.39 is 48.6 Å². The Morgan fingerprint density at radius 1 is 0.607 bits per heavy atom. The molecular formula is C31H27F13N4O8. The fraction of sp³-hybridized carbons (Fsp3) is 0.355. The molecule has 2 aliphatic rings. The predicted octanol–water partition coefficient (Wildman–Crippen LogP) is 6.31. The van der Waals surface area contributed by atoms with Crippen molar-refractivity contribution >= 4 is 29.6 Å². The van der Waals surface area contributed by atoms with Gasteiger partial charge in [0.2, 0.25) is 0 Å². The van der Waals surface area contributed by atoms with E-state index >= 15 is 0 Å². The molecule has 2 aliphatic heterocycles. The van der Waals surface area contributed by atoms with Gasteiger partial charge in [0, 0.05) is 43.0 Å². The molecule has 25 heteroatoms. The number of halogens is 13. The number of aromatic nitrogens is 2. The zero-order chi connectivity index (χ0) is 43.3. The van der Waals surface area contributed by atoms with Gasteiger partial charge in [0.15, 0.2) is 0 Å². The zero-order valence-electron chi connectivity index (χ0n) is 27.7. The maximum Gasteiger partial charge on any atom is 0.490 e. The minimum atomic E-state index is -5.08. The first-order valence-electron chi connectivity index (χ1n) is 14.8. The van der Waals surface area contributed by atoms with Gasteiger partial charge in [0.25, 0.3) is 0 Å². The van der Waals surface area contributed by atoms with Gasteiger partial charge in [-0.3, -0.25) is 14.9 Å². The average Bonchev–Trinajstić information content (AvgIpc) is 3.62. The SMILES string of the molecule is Fc1ccccc1CN1CCC2(C1)CN(Cc1ccccn1)c1cccnc12.O=C(O)C(F)(F)F.O=C(O)C(F)(F)F.O=C(O)C(F)(F)F.O=C(O)C(F)(F)F. The molecule has 0 saturated carbocycles. The number of nitrogens with zero attached hydrogens (tertiary/aromatic N) is 4. The van der Waals surface area contributed by atoms with E-state index in [-0.39, 0.29) is 11.2 Å². The van der Waals surface area contributed by atoms with Gasteiger partial charge in [-0.05, 0) is 43.3 Å². The second kappa shape index (κ2) is 19.7. The van der Waals surface area contributed by atoms with Crippen molar-refractivity contribution in [3.63, 3.8) is 0 Å². The Hall–Kier alpha value is -5.75. The molecule has 1 aromatic carbocycles. The molecule has 0 amide bonds. The van der Waals surface area contributed by atoms with E-state index in [0.717, 1.165) is 43.9 Å². The lowest BCUT2D eigenvalue weighted by Gasteiger charge is -2.26. The van der Waals surface area contributed by atoms with Gasteiger partial charge in [0.05, 0.1) is 23.6 Å². The van der Waals surface area contributed by atoms with E-state index in [2.05, 4.69) is 26.9 Å². The van der Waals surface area contributed by atoms with Crippen molar-refractivity contribution in [3.05, 3.63) is 89.8 Å². The number of hydrogen-bond donors (Lipinski definition) is 4. The molecular weight excluding hydrogens is 803 g/mol.